The Balaban J connectivity index is 1.40. The summed E-state index contributed by atoms with van der Waals surface area (Å²) < 4.78 is 10.00. The van der Waals surface area contributed by atoms with E-state index in [2.05, 4.69) is 24.7 Å². The molecule has 0 saturated carbocycles. The Kier molecular flexibility index (Phi) is 3.80. The van der Waals surface area contributed by atoms with Gasteiger partial charge < -0.3 is 14.6 Å². The molecule has 120 valence electrons. The van der Waals surface area contributed by atoms with Gasteiger partial charge in [0.25, 0.3) is 0 Å². The zero-order chi connectivity index (χ0) is 15.6. The molecule has 1 N–H and O–H groups in total. The van der Waals surface area contributed by atoms with Gasteiger partial charge in [-0.1, -0.05) is 0 Å². The second kappa shape index (κ2) is 6.10. The first-order valence-electron chi connectivity index (χ1n) is 7.88. The fourth-order valence-corrected chi connectivity index (χ4v) is 3.19. The van der Waals surface area contributed by atoms with Crippen molar-refractivity contribution in [2.75, 3.05) is 13.2 Å². The number of hydrogen-bond acceptors (Lipinski definition) is 5. The van der Waals surface area contributed by atoms with Crippen molar-refractivity contribution >= 4 is 5.65 Å². The Morgan fingerprint density at radius 2 is 2.22 bits per heavy atom. The maximum Gasteiger partial charge on any atom is 0.155 e. The Hall–Kier alpha value is -2.25. The van der Waals surface area contributed by atoms with Crippen LogP contribution in [0.15, 0.2) is 37.2 Å². The van der Waals surface area contributed by atoms with E-state index in [1.54, 1.807) is 12.4 Å². The number of hydrogen-bond donors (Lipinski definition) is 1. The molecule has 0 bridgehead atoms. The lowest BCUT2D eigenvalue weighted by molar-refractivity contribution is 0.0810. The molecule has 4 rings (SSSR count). The van der Waals surface area contributed by atoms with E-state index >= 15 is 0 Å². The average molecular weight is 312 g/mol. The Morgan fingerprint density at radius 1 is 1.26 bits per heavy atom. The highest BCUT2D eigenvalue weighted by Crippen LogP contribution is 2.32. The molecular weight excluding hydrogens is 292 g/mol. The van der Waals surface area contributed by atoms with E-state index in [4.69, 9.17) is 4.74 Å². The van der Waals surface area contributed by atoms with Crippen LogP contribution in [-0.2, 0) is 18.3 Å². The zero-order valence-electron chi connectivity index (χ0n) is 13.1. The summed E-state index contributed by atoms with van der Waals surface area (Å²) >= 11 is 0. The predicted octanol–water partition coefficient (Wildman–Crippen LogP) is 1.33. The maximum atomic E-state index is 5.90. The highest BCUT2D eigenvalue weighted by molar-refractivity contribution is 5.36. The van der Waals surface area contributed by atoms with Crippen molar-refractivity contribution in [3.63, 3.8) is 0 Å². The normalized spacial score (nSPS) is 21.3. The Labute approximate surface area is 134 Å². The maximum absolute atomic E-state index is 5.90. The van der Waals surface area contributed by atoms with Crippen LogP contribution in [0.2, 0.25) is 0 Å². The minimum atomic E-state index is 0.0777. The van der Waals surface area contributed by atoms with Gasteiger partial charge in [0, 0.05) is 57.4 Å². The molecule has 3 aromatic rings. The number of imidazole rings is 2. The van der Waals surface area contributed by atoms with E-state index < -0.39 is 0 Å². The molecule has 3 aromatic heterocycles. The van der Waals surface area contributed by atoms with Crippen LogP contribution in [0.1, 0.15) is 24.0 Å². The number of aryl methyl sites for hydroxylation is 1. The van der Waals surface area contributed by atoms with Gasteiger partial charge in [0.15, 0.2) is 5.65 Å². The summed E-state index contributed by atoms with van der Waals surface area (Å²) in [7, 11) is 2.01. The molecule has 7 heteroatoms. The molecule has 1 fully saturated rings. The molecule has 0 spiro atoms. The van der Waals surface area contributed by atoms with Gasteiger partial charge in [0.1, 0.15) is 11.9 Å². The first-order valence-corrected chi connectivity index (χ1v) is 7.88. The smallest absolute Gasteiger partial charge is 0.155 e. The van der Waals surface area contributed by atoms with Crippen molar-refractivity contribution in [1.82, 2.24) is 29.2 Å². The van der Waals surface area contributed by atoms with E-state index in [-0.39, 0.29) is 6.10 Å². The lowest BCUT2D eigenvalue weighted by Gasteiger charge is -2.18. The molecule has 0 radical (unpaired) electrons. The van der Waals surface area contributed by atoms with Gasteiger partial charge in [-0.2, -0.15) is 0 Å². The van der Waals surface area contributed by atoms with E-state index in [1.807, 2.05) is 36.4 Å². The summed E-state index contributed by atoms with van der Waals surface area (Å²) in [6, 6.07) is 0. The van der Waals surface area contributed by atoms with Gasteiger partial charge in [-0.15, -0.1) is 0 Å². The number of nitrogens with zero attached hydrogens (tertiary/aromatic N) is 5. The van der Waals surface area contributed by atoms with Crippen LogP contribution in [0, 0.1) is 5.92 Å². The van der Waals surface area contributed by atoms with Crippen LogP contribution in [0.3, 0.4) is 0 Å². The Bertz CT molecular complexity index is 795. The van der Waals surface area contributed by atoms with Crippen LogP contribution in [0.5, 0.6) is 0 Å². The molecule has 1 aliphatic heterocycles. The number of aromatic nitrogens is 5. The zero-order valence-corrected chi connectivity index (χ0v) is 13.1. The highest BCUT2D eigenvalue weighted by atomic mass is 16.5. The summed E-state index contributed by atoms with van der Waals surface area (Å²) in [5.74, 6) is 1.45. The fourth-order valence-electron chi connectivity index (χ4n) is 3.19. The Morgan fingerprint density at radius 3 is 3.09 bits per heavy atom. The molecule has 7 nitrogen and oxygen atoms in total. The van der Waals surface area contributed by atoms with E-state index in [1.165, 1.54) is 0 Å². The van der Waals surface area contributed by atoms with E-state index in [0.29, 0.717) is 5.92 Å². The number of fused-ring (bicyclic) bond motifs is 1. The van der Waals surface area contributed by atoms with Crippen molar-refractivity contribution in [3.8, 4) is 0 Å². The van der Waals surface area contributed by atoms with Crippen molar-refractivity contribution in [2.45, 2.75) is 19.1 Å². The first kappa shape index (κ1) is 14.3. The van der Waals surface area contributed by atoms with Gasteiger partial charge >= 0.3 is 0 Å². The topological polar surface area (TPSA) is 69.3 Å². The van der Waals surface area contributed by atoms with E-state index in [0.717, 1.165) is 43.3 Å². The van der Waals surface area contributed by atoms with E-state index in [9.17, 15) is 0 Å². The number of nitrogens with one attached hydrogen (secondary N) is 1. The molecule has 0 aromatic carbocycles. The third kappa shape index (κ3) is 2.73. The third-order valence-electron chi connectivity index (χ3n) is 4.43. The summed E-state index contributed by atoms with van der Waals surface area (Å²) in [6.45, 7) is 2.47. The molecule has 4 heterocycles. The lowest BCUT2D eigenvalue weighted by Crippen LogP contribution is -2.26. The summed E-state index contributed by atoms with van der Waals surface area (Å²) in [5, 5.41) is 3.53. The van der Waals surface area contributed by atoms with Crippen molar-refractivity contribution in [3.05, 3.63) is 48.7 Å². The minimum absolute atomic E-state index is 0.0777. The third-order valence-corrected chi connectivity index (χ3v) is 4.43. The van der Waals surface area contributed by atoms with Gasteiger partial charge in [-0.3, -0.25) is 9.38 Å². The molecule has 0 amide bonds. The highest BCUT2D eigenvalue weighted by Gasteiger charge is 2.31. The standard InChI is InChI=1S/C16H20N6O/c1-21-5-4-19-16(21)15-12(2-7-23-15)8-18-9-13-10-20-14-11-17-3-6-22(13)14/h3-6,10-12,15,18H,2,7-9H2,1H3/t12-,15+/m0/s1. The molecular formula is C16H20N6O. The van der Waals surface area contributed by atoms with Gasteiger partial charge in [-0.05, 0) is 6.42 Å². The molecule has 1 aliphatic rings. The molecule has 0 aliphatic carbocycles. The molecule has 2 atom stereocenters. The summed E-state index contributed by atoms with van der Waals surface area (Å²) in [5.41, 5.74) is 2.01. The quantitative estimate of drug-likeness (QED) is 0.770. The first-order chi connectivity index (χ1) is 11.3. The van der Waals surface area contributed by atoms with Crippen LogP contribution >= 0.6 is 0 Å². The second-order valence-electron chi connectivity index (χ2n) is 5.92. The fraction of sp³-hybridized carbons (Fsp3) is 0.438. The number of ether oxygens (including phenoxy) is 1. The SMILES string of the molecule is Cn1ccnc1[C@@H]1OCC[C@H]1CNCc1cnc2cnccn12. The predicted molar refractivity (Wildman–Crippen MR) is 84.7 cm³/mol. The van der Waals surface area contributed by atoms with Crippen LogP contribution in [-0.4, -0.2) is 37.1 Å². The monoisotopic (exact) mass is 312 g/mol. The summed E-state index contributed by atoms with van der Waals surface area (Å²) in [4.78, 5) is 12.9. The molecule has 23 heavy (non-hydrogen) atoms. The number of rotatable bonds is 5. The second-order valence-corrected chi connectivity index (χ2v) is 5.92. The average Bonchev–Trinajstić information content (AvgIpc) is 3.27. The minimum Gasteiger partial charge on any atom is -0.370 e. The molecule has 1 saturated heterocycles. The molecule has 0 unspecified atom stereocenters. The van der Waals surface area contributed by atoms with Gasteiger partial charge in [0.2, 0.25) is 0 Å². The lowest BCUT2D eigenvalue weighted by atomic mass is 10.0. The van der Waals surface area contributed by atoms with Gasteiger partial charge in [0.05, 0.1) is 18.1 Å². The van der Waals surface area contributed by atoms with Crippen molar-refractivity contribution < 1.29 is 4.74 Å². The summed E-state index contributed by atoms with van der Waals surface area (Å²) in [6.07, 6.45) is 12.3. The van der Waals surface area contributed by atoms with Crippen LogP contribution < -0.4 is 5.32 Å². The van der Waals surface area contributed by atoms with Crippen molar-refractivity contribution in [2.24, 2.45) is 13.0 Å². The van der Waals surface area contributed by atoms with Crippen LogP contribution in [0.4, 0.5) is 0 Å². The van der Waals surface area contributed by atoms with Crippen LogP contribution in [0.25, 0.3) is 5.65 Å². The van der Waals surface area contributed by atoms with Crippen molar-refractivity contribution in [1.29, 1.82) is 0 Å². The largest absolute Gasteiger partial charge is 0.370 e. The van der Waals surface area contributed by atoms with Gasteiger partial charge in [-0.25, -0.2) is 9.97 Å².